The largest absolute Gasteiger partial charge is 0.312 e. The standard InChI is InChI=1S/C23H27N3O5S2/c1-17-2-6-20(7-3-17)32(28,29)24-12-14-25(15-13-24)33(30,31)21-8-9-22-19(16-21)10-11-26(22)23(27)18-4-5-18/h2-3,6-9,16,18H,4-5,10-15H2,1H3. The Morgan fingerprint density at radius 1 is 0.788 bits per heavy atom. The Kier molecular flexibility index (Phi) is 5.59. The van der Waals surface area contributed by atoms with E-state index in [0.29, 0.717) is 13.0 Å². The topological polar surface area (TPSA) is 95.1 Å². The highest BCUT2D eigenvalue weighted by Gasteiger charge is 2.38. The summed E-state index contributed by atoms with van der Waals surface area (Å²) in [4.78, 5) is 14.7. The van der Waals surface area contributed by atoms with Gasteiger partial charge in [0.1, 0.15) is 0 Å². The quantitative estimate of drug-likeness (QED) is 0.640. The van der Waals surface area contributed by atoms with Gasteiger partial charge in [-0.25, -0.2) is 16.8 Å². The summed E-state index contributed by atoms with van der Waals surface area (Å²) in [6.07, 6.45) is 2.51. The number of carbonyl (C=O) groups is 1. The van der Waals surface area contributed by atoms with Gasteiger partial charge in [0.2, 0.25) is 26.0 Å². The van der Waals surface area contributed by atoms with Gasteiger partial charge in [-0.15, -0.1) is 0 Å². The van der Waals surface area contributed by atoms with Crippen LogP contribution in [0, 0.1) is 12.8 Å². The zero-order valence-corrected chi connectivity index (χ0v) is 20.1. The third-order valence-electron chi connectivity index (χ3n) is 6.63. The van der Waals surface area contributed by atoms with Crippen LogP contribution in [0.2, 0.25) is 0 Å². The minimum absolute atomic E-state index is 0.0940. The third-order valence-corrected chi connectivity index (χ3v) is 10.4. The van der Waals surface area contributed by atoms with Gasteiger partial charge in [0.05, 0.1) is 9.79 Å². The lowest BCUT2D eigenvalue weighted by molar-refractivity contribution is -0.119. The molecule has 2 fully saturated rings. The van der Waals surface area contributed by atoms with Crippen LogP contribution >= 0.6 is 0 Å². The summed E-state index contributed by atoms with van der Waals surface area (Å²) in [6.45, 7) is 2.87. The number of nitrogens with zero attached hydrogens (tertiary/aromatic N) is 3. The number of anilines is 1. The Hall–Kier alpha value is -2.27. The highest BCUT2D eigenvalue weighted by Crippen LogP contribution is 2.37. The maximum Gasteiger partial charge on any atom is 0.243 e. The third kappa shape index (κ3) is 4.09. The van der Waals surface area contributed by atoms with E-state index in [1.807, 2.05) is 6.92 Å². The van der Waals surface area contributed by atoms with E-state index in [4.69, 9.17) is 0 Å². The van der Waals surface area contributed by atoms with Gasteiger partial charge in [-0.2, -0.15) is 8.61 Å². The van der Waals surface area contributed by atoms with Crippen LogP contribution in [0.3, 0.4) is 0 Å². The van der Waals surface area contributed by atoms with Crippen LogP contribution in [0.25, 0.3) is 0 Å². The second kappa shape index (κ2) is 8.19. The number of hydrogen-bond acceptors (Lipinski definition) is 5. The summed E-state index contributed by atoms with van der Waals surface area (Å²) in [7, 11) is -7.42. The van der Waals surface area contributed by atoms with Crippen molar-refractivity contribution in [1.29, 1.82) is 0 Å². The molecule has 2 aliphatic heterocycles. The van der Waals surface area contributed by atoms with Crippen LogP contribution in [0.4, 0.5) is 5.69 Å². The van der Waals surface area contributed by atoms with E-state index in [-0.39, 0.29) is 47.8 Å². The van der Waals surface area contributed by atoms with Gasteiger partial charge < -0.3 is 4.90 Å². The van der Waals surface area contributed by atoms with E-state index >= 15 is 0 Å². The molecule has 8 nitrogen and oxygen atoms in total. The van der Waals surface area contributed by atoms with Crippen molar-refractivity contribution in [3.63, 3.8) is 0 Å². The minimum atomic E-state index is -3.76. The molecule has 1 saturated heterocycles. The smallest absolute Gasteiger partial charge is 0.243 e. The van der Waals surface area contributed by atoms with Crippen molar-refractivity contribution < 1.29 is 21.6 Å². The first kappa shape index (κ1) is 22.5. The number of aryl methyl sites for hydroxylation is 1. The molecule has 3 aliphatic rings. The molecule has 0 bridgehead atoms. The normalized spacial score (nSPS) is 20.1. The molecule has 5 rings (SSSR count). The van der Waals surface area contributed by atoms with Crippen LogP contribution in [0.15, 0.2) is 52.3 Å². The first-order chi connectivity index (χ1) is 15.7. The molecule has 0 radical (unpaired) electrons. The van der Waals surface area contributed by atoms with Crippen molar-refractivity contribution in [2.24, 2.45) is 5.92 Å². The van der Waals surface area contributed by atoms with Crippen molar-refractivity contribution in [1.82, 2.24) is 8.61 Å². The number of rotatable bonds is 5. The summed E-state index contributed by atoms with van der Waals surface area (Å²) in [5, 5.41) is 0. The predicted molar refractivity (Wildman–Crippen MR) is 124 cm³/mol. The van der Waals surface area contributed by atoms with Crippen LogP contribution in [0.1, 0.15) is 24.0 Å². The molecule has 33 heavy (non-hydrogen) atoms. The first-order valence-electron chi connectivity index (χ1n) is 11.2. The van der Waals surface area contributed by atoms with Gasteiger partial charge in [-0.05, 0) is 62.1 Å². The van der Waals surface area contributed by atoms with Crippen molar-refractivity contribution in [2.75, 3.05) is 37.6 Å². The van der Waals surface area contributed by atoms with Crippen LogP contribution in [-0.2, 0) is 31.3 Å². The van der Waals surface area contributed by atoms with E-state index in [2.05, 4.69) is 0 Å². The van der Waals surface area contributed by atoms with E-state index in [0.717, 1.165) is 29.7 Å². The average molecular weight is 490 g/mol. The fraction of sp³-hybridized carbons (Fsp3) is 0.435. The molecule has 0 unspecified atom stereocenters. The van der Waals surface area contributed by atoms with Gasteiger partial charge in [0.25, 0.3) is 0 Å². The van der Waals surface area contributed by atoms with E-state index in [1.54, 1.807) is 47.4 Å². The average Bonchev–Trinajstić information content (AvgIpc) is 3.58. The number of amides is 1. The molecule has 1 saturated carbocycles. The van der Waals surface area contributed by atoms with Gasteiger partial charge in [-0.1, -0.05) is 17.7 Å². The fourth-order valence-electron chi connectivity index (χ4n) is 4.48. The zero-order chi connectivity index (χ0) is 23.4. The maximum absolute atomic E-state index is 13.3. The van der Waals surface area contributed by atoms with E-state index in [1.165, 1.54) is 8.61 Å². The molecule has 0 aromatic heterocycles. The van der Waals surface area contributed by atoms with Gasteiger partial charge in [0.15, 0.2) is 0 Å². The Labute approximate surface area is 194 Å². The molecule has 0 atom stereocenters. The second-order valence-corrected chi connectivity index (χ2v) is 12.8. The number of piperazine rings is 1. The molecular weight excluding hydrogens is 462 g/mol. The predicted octanol–water partition coefficient (Wildman–Crippen LogP) is 1.99. The Bertz CT molecular complexity index is 1290. The number of benzene rings is 2. The van der Waals surface area contributed by atoms with E-state index in [9.17, 15) is 21.6 Å². The Balaban J connectivity index is 1.30. The maximum atomic E-state index is 13.3. The molecule has 0 spiro atoms. The second-order valence-electron chi connectivity index (χ2n) is 8.93. The highest BCUT2D eigenvalue weighted by molar-refractivity contribution is 7.89. The van der Waals surface area contributed by atoms with Crippen LogP contribution in [0.5, 0.6) is 0 Å². The molecule has 2 heterocycles. The summed E-state index contributed by atoms with van der Waals surface area (Å²) >= 11 is 0. The number of sulfonamides is 2. The highest BCUT2D eigenvalue weighted by atomic mass is 32.2. The van der Waals surface area contributed by atoms with Crippen molar-refractivity contribution in [2.45, 2.75) is 36.0 Å². The first-order valence-corrected chi connectivity index (χ1v) is 14.1. The number of fused-ring (bicyclic) bond motifs is 1. The summed E-state index contributed by atoms with van der Waals surface area (Å²) in [5.74, 6) is 0.252. The molecule has 176 valence electrons. The molecule has 1 amide bonds. The Morgan fingerprint density at radius 3 is 1.91 bits per heavy atom. The molecule has 2 aromatic carbocycles. The van der Waals surface area contributed by atoms with Crippen molar-refractivity contribution >= 4 is 31.6 Å². The van der Waals surface area contributed by atoms with Gasteiger partial charge >= 0.3 is 0 Å². The summed E-state index contributed by atoms with van der Waals surface area (Å²) in [5.41, 5.74) is 2.64. The SMILES string of the molecule is Cc1ccc(S(=O)(=O)N2CCN(S(=O)(=O)c3ccc4c(c3)CCN4C(=O)C3CC3)CC2)cc1. The van der Waals surface area contributed by atoms with Crippen molar-refractivity contribution in [3.05, 3.63) is 53.6 Å². The van der Waals surface area contributed by atoms with Crippen LogP contribution in [-0.4, -0.2) is 64.1 Å². The zero-order valence-electron chi connectivity index (χ0n) is 18.5. The summed E-state index contributed by atoms with van der Waals surface area (Å²) < 4.78 is 55.0. The lowest BCUT2D eigenvalue weighted by Gasteiger charge is -2.33. The lowest BCUT2D eigenvalue weighted by Crippen LogP contribution is -2.50. The fourth-order valence-corrected chi connectivity index (χ4v) is 7.37. The molecule has 10 heteroatoms. The number of hydrogen-bond donors (Lipinski definition) is 0. The van der Waals surface area contributed by atoms with Gasteiger partial charge in [0, 0.05) is 44.3 Å². The van der Waals surface area contributed by atoms with Gasteiger partial charge in [-0.3, -0.25) is 4.79 Å². The molecule has 1 aliphatic carbocycles. The molecule has 2 aromatic rings. The summed E-state index contributed by atoms with van der Waals surface area (Å²) in [6, 6.07) is 11.6. The van der Waals surface area contributed by atoms with Crippen molar-refractivity contribution in [3.8, 4) is 0 Å². The monoisotopic (exact) mass is 489 g/mol. The van der Waals surface area contributed by atoms with E-state index < -0.39 is 20.0 Å². The molecular formula is C23H27N3O5S2. The van der Waals surface area contributed by atoms with Crippen LogP contribution < -0.4 is 4.90 Å². The Morgan fingerprint density at radius 2 is 1.33 bits per heavy atom. The minimum Gasteiger partial charge on any atom is -0.312 e. The lowest BCUT2D eigenvalue weighted by atomic mass is 10.2. The molecule has 0 N–H and O–H groups in total. The number of carbonyl (C=O) groups excluding carboxylic acids is 1.